The number of carbonyl (C=O) groups is 2. The molecule has 0 bridgehead atoms. The summed E-state index contributed by atoms with van der Waals surface area (Å²) in [6.07, 6.45) is 4.09. The molecule has 7 nitrogen and oxygen atoms in total. The Hall–Kier alpha value is -2.70. The van der Waals surface area contributed by atoms with Crippen LogP contribution in [-0.2, 0) is 9.59 Å². The van der Waals surface area contributed by atoms with E-state index in [-0.39, 0.29) is 6.04 Å². The number of aryl methyl sites for hydroxylation is 1. The molecule has 7 heteroatoms. The molecule has 1 aromatic carbocycles. The van der Waals surface area contributed by atoms with Crippen LogP contribution in [0.2, 0.25) is 0 Å². The number of aromatic nitrogens is 3. The minimum Gasteiger partial charge on any atom is -0.345 e. The largest absolute Gasteiger partial charge is 0.345 e. The van der Waals surface area contributed by atoms with Crippen LogP contribution in [0.25, 0.3) is 11.4 Å². The van der Waals surface area contributed by atoms with Gasteiger partial charge in [0.1, 0.15) is 5.82 Å². The van der Waals surface area contributed by atoms with Crippen molar-refractivity contribution < 1.29 is 9.59 Å². The Morgan fingerprint density at radius 2 is 2.00 bits per heavy atom. The van der Waals surface area contributed by atoms with E-state index in [1.54, 1.807) is 18.2 Å². The highest BCUT2D eigenvalue weighted by Gasteiger charge is 2.21. The molecule has 0 spiro atoms. The van der Waals surface area contributed by atoms with Crippen molar-refractivity contribution >= 4 is 17.5 Å². The van der Waals surface area contributed by atoms with Gasteiger partial charge < -0.3 is 10.6 Å². The van der Waals surface area contributed by atoms with Crippen molar-refractivity contribution in [3.05, 3.63) is 30.1 Å². The third-order valence-corrected chi connectivity index (χ3v) is 3.87. The number of hydrogen-bond acceptors (Lipinski definition) is 4. The second-order valence-electron chi connectivity index (χ2n) is 5.73. The minimum absolute atomic E-state index is 0.121. The average Bonchev–Trinajstić information content (AvgIpc) is 3.19. The van der Waals surface area contributed by atoms with Crippen LogP contribution in [0.1, 0.15) is 31.5 Å². The zero-order chi connectivity index (χ0) is 16.2. The molecule has 0 atom stereocenters. The van der Waals surface area contributed by atoms with Crippen LogP contribution in [0.4, 0.5) is 5.69 Å². The average molecular weight is 313 g/mol. The standard InChI is InChI=1S/C16H19N5O2/c1-10-17-14(21-20-10)11-5-4-8-13(9-11)19-16(23)15(22)18-12-6-2-3-7-12/h4-5,8-9,12H,2-3,6-7H2,1H3,(H,18,22)(H,19,23)(H,17,20,21). The van der Waals surface area contributed by atoms with Crippen LogP contribution in [-0.4, -0.2) is 33.0 Å². The van der Waals surface area contributed by atoms with Crippen molar-refractivity contribution in [2.24, 2.45) is 0 Å². The summed E-state index contributed by atoms with van der Waals surface area (Å²) in [5.41, 5.74) is 1.31. The normalized spacial score (nSPS) is 14.7. The molecule has 23 heavy (non-hydrogen) atoms. The van der Waals surface area contributed by atoms with Gasteiger partial charge in [0.25, 0.3) is 0 Å². The summed E-state index contributed by atoms with van der Waals surface area (Å²) in [6, 6.07) is 7.21. The fraction of sp³-hybridized carbons (Fsp3) is 0.375. The first-order valence-corrected chi connectivity index (χ1v) is 7.73. The molecule has 1 heterocycles. The third kappa shape index (κ3) is 3.74. The highest BCUT2D eigenvalue weighted by Crippen LogP contribution is 2.20. The summed E-state index contributed by atoms with van der Waals surface area (Å²) in [6.45, 7) is 1.81. The van der Waals surface area contributed by atoms with Crippen LogP contribution < -0.4 is 10.6 Å². The van der Waals surface area contributed by atoms with Crippen LogP contribution in [0.15, 0.2) is 24.3 Å². The van der Waals surface area contributed by atoms with Gasteiger partial charge in [-0.2, -0.15) is 5.10 Å². The van der Waals surface area contributed by atoms with Crippen molar-refractivity contribution in [2.75, 3.05) is 5.32 Å². The van der Waals surface area contributed by atoms with Crippen molar-refractivity contribution in [1.82, 2.24) is 20.5 Å². The Labute approximate surface area is 133 Å². The molecule has 3 rings (SSSR count). The quantitative estimate of drug-likeness (QED) is 0.752. The molecular formula is C16H19N5O2. The first-order chi connectivity index (χ1) is 11.1. The summed E-state index contributed by atoms with van der Waals surface area (Å²) in [4.78, 5) is 28.1. The zero-order valence-corrected chi connectivity index (χ0v) is 12.9. The number of hydrogen-bond donors (Lipinski definition) is 3. The summed E-state index contributed by atoms with van der Waals surface area (Å²) < 4.78 is 0. The van der Waals surface area contributed by atoms with E-state index in [4.69, 9.17) is 0 Å². The first kappa shape index (κ1) is 15.2. The van der Waals surface area contributed by atoms with Crippen LogP contribution >= 0.6 is 0 Å². The molecule has 1 aliphatic carbocycles. The van der Waals surface area contributed by atoms with Gasteiger partial charge in [-0.3, -0.25) is 14.7 Å². The van der Waals surface area contributed by atoms with E-state index in [1.165, 1.54) is 0 Å². The summed E-state index contributed by atoms with van der Waals surface area (Å²) in [5, 5.41) is 12.2. The number of benzene rings is 1. The lowest BCUT2D eigenvalue weighted by molar-refractivity contribution is -0.136. The maximum atomic E-state index is 12.0. The minimum atomic E-state index is -0.653. The monoisotopic (exact) mass is 313 g/mol. The molecule has 0 saturated heterocycles. The molecule has 1 fully saturated rings. The lowest BCUT2D eigenvalue weighted by Gasteiger charge is -2.11. The number of nitrogens with zero attached hydrogens (tertiary/aromatic N) is 2. The zero-order valence-electron chi connectivity index (χ0n) is 12.9. The molecule has 3 N–H and O–H groups in total. The first-order valence-electron chi connectivity index (χ1n) is 7.73. The fourth-order valence-electron chi connectivity index (χ4n) is 2.72. The van der Waals surface area contributed by atoms with Gasteiger partial charge in [0.15, 0.2) is 5.82 Å². The van der Waals surface area contributed by atoms with Crippen LogP contribution in [0.3, 0.4) is 0 Å². The topological polar surface area (TPSA) is 99.8 Å². The van der Waals surface area contributed by atoms with Crippen molar-refractivity contribution in [3.8, 4) is 11.4 Å². The number of amides is 2. The lowest BCUT2D eigenvalue weighted by atomic mass is 10.2. The van der Waals surface area contributed by atoms with Crippen LogP contribution in [0.5, 0.6) is 0 Å². The SMILES string of the molecule is Cc1nc(-c2cccc(NC(=O)C(=O)NC3CCCC3)c2)n[nH]1. The number of carbonyl (C=O) groups excluding carboxylic acids is 2. The maximum Gasteiger partial charge on any atom is 0.313 e. The summed E-state index contributed by atoms with van der Waals surface area (Å²) in [7, 11) is 0. The second kappa shape index (κ2) is 6.60. The highest BCUT2D eigenvalue weighted by molar-refractivity contribution is 6.39. The molecule has 2 amide bonds. The molecule has 120 valence electrons. The summed E-state index contributed by atoms with van der Waals surface area (Å²) >= 11 is 0. The van der Waals surface area contributed by atoms with E-state index in [0.717, 1.165) is 31.2 Å². The van der Waals surface area contributed by atoms with Crippen molar-refractivity contribution in [2.45, 2.75) is 38.6 Å². The highest BCUT2D eigenvalue weighted by atomic mass is 16.2. The molecular weight excluding hydrogens is 294 g/mol. The molecule has 0 unspecified atom stereocenters. The Bertz CT molecular complexity index is 719. The third-order valence-electron chi connectivity index (χ3n) is 3.87. The van der Waals surface area contributed by atoms with E-state index >= 15 is 0 Å². The van der Waals surface area contributed by atoms with E-state index in [1.807, 2.05) is 13.0 Å². The van der Waals surface area contributed by atoms with Gasteiger partial charge >= 0.3 is 11.8 Å². The molecule has 1 aromatic heterocycles. The van der Waals surface area contributed by atoms with E-state index in [9.17, 15) is 9.59 Å². The Kier molecular flexibility index (Phi) is 4.36. The molecule has 0 radical (unpaired) electrons. The van der Waals surface area contributed by atoms with Gasteiger partial charge in [0.2, 0.25) is 0 Å². The van der Waals surface area contributed by atoms with Gasteiger partial charge in [-0.1, -0.05) is 25.0 Å². The van der Waals surface area contributed by atoms with Crippen molar-refractivity contribution in [3.63, 3.8) is 0 Å². The number of rotatable bonds is 3. The van der Waals surface area contributed by atoms with Gasteiger partial charge in [-0.15, -0.1) is 0 Å². The summed E-state index contributed by atoms with van der Waals surface area (Å²) in [5.74, 6) is 0.0237. The Morgan fingerprint density at radius 3 is 2.70 bits per heavy atom. The van der Waals surface area contributed by atoms with E-state index < -0.39 is 11.8 Å². The number of aromatic amines is 1. The number of H-pyrrole nitrogens is 1. The number of anilines is 1. The molecule has 1 aliphatic rings. The predicted molar refractivity (Wildman–Crippen MR) is 85.6 cm³/mol. The van der Waals surface area contributed by atoms with E-state index in [0.29, 0.717) is 17.3 Å². The number of nitrogens with one attached hydrogen (secondary N) is 3. The van der Waals surface area contributed by atoms with Gasteiger partial charge in [-0.05, 0) is 31.9 Å². The molecule has 1 saturated carbocycles. The van der Waals surface area contributed by atoms with E-state index in [2.05, 4.69) is 25.8 Å². The van der Waals surface area contributed by atoms with Gasteiger partial charge in [-0.25, -0.2) is 4.98 Å². The predicted octanol–water partition coefficient (Wildman–Crippen LogP) is 1.78. The fourth-order valence-corrected chi connectivity index (χ4v) is 2.72. The van der Waals surface area contributed by atoms with Crippen LogP contribution in [0, 0.1) is 6.92 Å². The smallest absolute Gasteiger partial charge is 0.313 e. The molecule has 2 aromatic rings. The van der Waals surface area contributed by atoms with Gasteiger partial charge in [0.05, 0.1) is 0 Å². The maximum absolute atomic E-state index is 12.0. The molecule has 0 aliphatic heterocycles. The van der Waals surface area contributed by atoms with Gasteiger partial charge in [0, 0.05) is 17.3 Å². The Morgan fingerprint density at radius 1 is 1.22 bits per heavy atom. The Balaban J connectivity index is 1.65. The second-order valence-corrected chi connectivity index (χ2v) is 5.73. The van der Waals surface area contributed by atoms with Crippen molar-refractivity contribution in [1.29, 1.82) is 0 Å². The lowest BCUT2D eigenvalue weighted by Crippen LogP contribution is -2.40.